The van der Waals surface area contributed by atoms with Crippen molar-refractivity contribution in [3.8, 4) is 11.4 Å². The Morgan fingerprint density at radius 1 is 1.32 bits per heavy atom. The standard InChI is InChI=1S/C14H16FN3O/c1-9-2-3-12(15)11(8-9)13-17-14(19-18-13)10-4-6-16-7-5-10/h2-3,8,10,16H,4-7H2,1H3. The van der Waals surface area contributed by atoms with E-state index in [0.29, 0.717) is 17.3 Å². The van der Waals surface area contributed by atoms with E-state index in [9.17, 15) is 4.39 Å². The number of hydrogen-bond donors (Lipinski definition) is 1. The van der Waals surface area contributed by atoms with E-state index in [-0.39, 0.29) is 11.7 Å². The molecule has 0 spiro atoms. The molecule has 100 valence electrons. The van der Waals surface area contributed by atoms with Crippen molar-refractivity contribution in [1.29, 1.82) is 0 Å². The van der Waals surface area contributed by atoms with Gasteiger partial charge in [0.25, 0.3) is 0 Å². The molecule has 0 atom stereocenters. The second-order valence-electron chi connectivity index (χ2n) is 4.96. The summed E-state index contributed by atoms with van der Waals surface area (Å²) in [5.41, 5.74) is 1.38. The summed E-state index contributed by atoms with van der Waals surface area (Å²) < 4.78 is 19.1. The molecule has 2 aromatic rings. The van der Waals surface area contributed by atoms with Gasteiger partial charge in [0, 0.05) is 5.92 Å². The molecule has 0 bridgehead atoms. The summed E-state index contributed by atoms with van der Waals surface area (Å²) in [6.45, 7) is 3.83. The molecule has 0 radical (unpaired) electrons. The molecule has 1 aromatic carbocycles. The smallest absolute Gasteiger partial charge is 0.230 e. The van der Waals surface area contributed by atoms with Crippen LogP contribution in [0.25, 0.3) is 11.4 Å². The number of aromatic nitrogens is 2. The third-order valence-corrected chi connectivity index (χ3v) is 3.49. The molecule has 3 rings (SSSR count). The predicted octanol–water partition coefficient (Wildman–Crippen LogP) is 2.65. The first-order valence-corrected chi connectivity index (χ1v) is 6.55. The van der Waals surface area contributed by atoms with Crippen LogP contribution in [0.3, 0.4) is 0 Å². The lowest BCUT2D eigenvalue weighted by Crippen LogP contribution is -2.26. The normalized spacial score (nSPS) is 16.7. The van der Waals surface area contributed by atoms with Crippen LogP contribution in [-0.4, -0.2) is 23.2 Å². The third kappa shape index (κ3) is 2.51. The molecule has 0 saturated carbocycles. The van der Waals surface area contributed by atoms with Gasteiger partial charge in [-0.2, -0.15) is 4.98 Å². The largest absolute Gasteiger partial charge is 0.339 e. The number of nitrogens with one attached hydrogen (secondary N) is 1. The van der Waals surface area contributed by atoms with Gasteiger partial charge in [0.1, 0.15) is 5.82 Å². The molecule has 0 amide bonds. The minimum Gasteiger partial charge on any atom is -0.339 e. The first-order chi connectivity index (χ1) is 9.24. The van der Waals surface area contributed by atoms with Gasteiger partial charge in [0.05, 0.1) is 5.56 Å². The average molecular weight is 261 g/mol. The van der Waals surface area contributed by atoms with E-state index in [1.807, 2.05) is 6.92 Å². The number of rotatable bonds is 2. The number of halogens is 1. The van der Waals surface area contributed by atoms with Crippen LogP contribution in [0, 0.1) is 12.7 Å². The molecule has 19 heavy (non-hydrogen) atoms. The minimum absolute atomic E-state index is 0.287. The quantitative estimate of drug-likeness (QED) is 0.903. The van der Waals surface area contributed by atoms with Crippen molar-refractivity contribution >= 4 is 0 Å². The van der Waals surface area contributed by atoms with Crippen molar-refractivity contribution in [3.05, 3.63) is 35.5 Å². The molecular weight excluding hydrogens is 245 g/mol. The molecule has 1 fully saturated rings. The molecule has 5 heteroatoms. The number of nitrogens with zero attached hydrogens (tertiary/aromatic N) is 2. The summed E-state index contributed by atoms with van der Waals surface area (Å²) in [6, 6.07) is 4.91. The monoisotopic (exact) mass is 261 g/mol. The number of benzene rings is 1. The maximum Gasteiger partial charge on any atom is 0.230 e. The SMILES string of the molecule is Cc1ccc(F)c(-c2noc(C3CCNCC3)n2)c1. The molecule has 0 aliphatic carbocycles. The summed E-state index contributed by atoms with van der Waals surface area (Å²) in [6.07, 6.45) is 1.97. The molecular formula is C14H16FN3O. The highest BCUT2D eigenvalue weighted by Crippen LogP contribution is 2.27. The van der Waals surface area contributed by atoms with Gasteiger partial charge in [-0.3, -0.25) is 0 Å². The lowest BCUT2D eigenvalue weighted by molar-refractivity contribution is 0.320. The van der Waals surface area contributed by atoms with Crippen LogP contribution in [0.1, 0.15) is 30.2 Å². The lowest BCUT2D eigenvalue weighted by atomic mass is 9.98. The van der Waals surface area contributed by atoms with Crippen LogP contribution >= 0.6 is 0 Å². The highest BCUT2D eigenvalue weighted by Gasteiger charge is 2.22. The number of hydrogen-bond acceptors (Lipinski definition) is 4. The summed E-state index contributed by atoms with van der Waals surface area (Å²) in [7, 11) is 0. The summed E-state index contributed by atoms with van der Waals surface area (Å²) in [4.78, 5) is 4.36. The molecule has 1 saturated heterocycles. The van der Waals surface area contributed by atoms with Crippen molar-refractivity contribution in [1.82, 2.24) is 15.5 Å². The van der Waals surface area contributed by atoms with Gasteiger partial charge in [-0.25, -0.2) is 4.39 Å². The zero-order valence-corrected chi connectivity index (χ0v) is 10.8. The average Bonchev–Trinajstić information content (AvgIpc) is 2.92. The second kappa shape index (κ2) is 5.09. The highest BCUT2D eigenvalue weighted by molar-refractivity contribution is 5.56. The summed E-state index contributed by atoms with van der Waals surface area (Å²) in [5, 5.41) is 7.21. The molecule has 1 aliphatic heterocycles. The Morgan fingerprint density at radius 3 is 2.89 bits per heavy atom. The molecule has 4 nitrogen and oxygen atoms in total. The molecule has 1 aliphatic rings. The minimum atomic E-state index is -0.316. The van der Waals surface area contributed by atoms with Gasteiger partial charge in [-0.1, -0.05) is 16.8 Å². The molecule has 1 N–H and O–H groups in total. The van der Waals surface area contributed by atoms with Crippen molar-refractivity contribution in [2.45, 2.75) is 25.7 Å². The highest BCUT2D eigenvalue weighted by atomic mass is 19.1. The van der Waals surface area contributed by atoms with Crippen LogP contribution in [0.2, 0.25) is 0 Å². The van der Waals surface area contributed by atoms with E-state index in [1.54, 1.807) is 12.1 Å². The molecule has 2 heterocycles. The van der Waals surface area contributed by atoms with E-state index >= 15 is 0 Å². The van der Waals surface area contributed by atoms with E-state index < -0.39 is 0 Å². The van der Waals surface area contributed by atoms with Crippen LogP contribution < -0.4 is 5.32 Å². The van der Waals surface area contributed by atoms with Crippen molar-refractivity contribution in [2.24, 2.45) is 0 Å². The Bertz CT molecular complexity index is 576. The fraction of sp³-hybridized carbons (Fsp3) is 0.429. The van der Waals surface area contributed by atoms with Crippen molar-refractivity contribution in [3.63, 3.8) is 0 Å². The zero-order chi connectivity index (χ0) is 13.2. The van der Waals surface area contributed by atoms with Gasteiger partial charge in [0.2, 0.25) is 11.7 Å². The van der Waals surface area contributed by atoms with Crippen molar-refractivity contribution in [2.75, 3.05) is 13.1 Å². The molecule has 1 aromatic heterocycles. The van der Waals surface area contributed by atoms with E-state index in [4.69, 9.17) is 4.52 Å². The van der Waals surface area contributed by atoms with Gasteiger partial charge < -0.3 is 9.84 Å². The van der Waals surface area contributed by atoms with E-state index in [0.717, 1.165) is 31.5 Å². The topological polar surface area (TPSA) is 51.0 Å². The second-order valence-corrected chi connectivity index (χ2v) is 4.96. The fourth-order valence-corrected chi connectivity index (χ4v) is 2.39. The third-order valence-electron chi connectivity index (χ3n) is 3.49. The van der Waals surface area contributed by atoms with Crippen LogP contribution in [0.15, 0.2) is 22.7 Å². The first-order valence-electron chi connectivity index (χ1n) is 6.55. The first kappa shape index (κ1) is 12.3. The van der Waals surface area contributed by atoms with E-state index in [2.05, 4.69) is 15.5 Å². The van der Waals surface area contributed by atoms with Crippen LogP contribution in [0.5, 0.6) is 0 Å². The zero-order valence-electron chi connectivity index (χ0n) is 10.8. The Morgan fingerprint density at radius 2 is 2.11 bits per heavy atom. The molecule has 0 unspecified atom stereocenters. The predicted molar refractivity (Wildman–Crippen MR) is 69.3 cm³/mol. The lowest BCUT2D eigenvalue weighted by Gasteiger charge is -2.18. The van der Waals surface area contributed by atoms with Crippen LogP contribution in [0.4, 0.5) is 4.39 Å². The maximum absolute atomic E-state index is 13.8. The van der Waals surface area contributed by atoms with Gasteiger partial charge in [-0.05, 0) is 45.0 Å². The van der Waals surface area contributed by atoms with Gasteiger partial charge >= 0.3 is 0 Å². The van der Waals surface area contributed by atoms with E-state index in [1.165, 1.54) is 6.07 Å². The maximum atomic E-state index is 13.8. The van der Waals surface area contributed by atoms with Crippen LogP contribution in [-0.2, 0) is 0 Å². The number of piperidine rings is 1. The van der Waals surface area contributed by atoms with Gasteiger partial charge in [0.15, 0.2) is 0 Å². The summed E-state index contributed by atoms with van der Waals surface area (Å²) in [5.74, 6) is 0.936. The van der Waals surface area contributed by atoms with Crippen molar-refractivity contribution < 1.29 is 8.91 Å². The summed E-state index contributed by atoms with van der Waals surface area (Å²) >= 11 is 0. The number of aryl methyl sites for hydroxylation is 1. The Labute approximate surface area is 111 Å². The Hall–Kier alpha value is -1.75. The Balaban J connectivity index is 1.89. The Kier molecular flexibility index (Phi) is 3.29. The fourth-order valence-electron chi connectivity index (χ4n) is 2.39. The van der Waals surface area contributed by atoms with Gasteiger partial charge in [-0.15, -0.1) is 0 Å².